The van der Waals surface area contributed by atoms with Crippen LogP contribution in [0.2, 0.25) is 0 Å². The number of hydrogen-bond acceptors (Lipinski definition) is 8. The molecule has 0 atom stereocenters. The van der Waals surface area contributed by atoms with Crippen molar-refractivity contribution in [1.29, 1.82) is 0 Å². The molecule has 0 aliphatic heterocycles. The number of hydrogen-bond donors (Lipinski definition) is 4. The highest BCUT2D eigenvalue weighted by molar-refractivity contribution is 5.89. The standard InChI is InChI=1S/C13H15N7O2/c1-6-5-8(16-7(2)21)3-4-9(6)19-20-10-11(14)17-13(15)18-12(10)22/h3-5H,1-2H3,(H,16,21)(H5,14,15,17,18,22)/b20-19+. The Morgan fingerprint density at radius 1 is 1.27 bits per heavy atom. The minimum atomic E-state index is -0.443. The van der Waals surface area contributed by atoms with Gasteiger partial charge in [0.05, 0.1) is 5.69 Å². The number of azo groups is 1. The second-order valence-corrected chi connectivity index (χ2v) is 4.52. The lowest BCUT2D eigenvalue weighted by Crippen LogP contribution is -2.05. The minimum Gasteiger partial charge on any atom is -0.492 e. The zero-order valence-electron chi connectivity index (χ0n) is 12.0. The lowest BCUT2D eigenvalue weighted by molar-refractivity contribution is -0.114. The number of nitrogens with two attached hydrogens (primary N) is 2. The number of aromatic hydroxyl groups is 1. The topological polar surface area (TPSA) is 152 Å². The number of aryl methyl sites for hydroxylation is 1. The Morgan fingerprint density at radius 3 is 2.59 bits per heavy atom. The van der Waals surface area contributed by atoms with E-state index in [-0.39, 0.29) is 23.4 Å². The average Bonchev–Trinajstić information content (AvgIpc) is 2.38. The lowest BCUT2D eigenvalue weighted by atomic mass is 10.2. The van der Waals surface area contributed by atoms with Crippen LogP contribution in [0.15, 0.2) is 28.4 Å². The molecule has 1 amide bonds. The van der Waals surface area contributed by atoms with E-state index < -0.39 is 5.88 Å². The third kappa shape index (κ3) is 3.45. The number of anilines is 3. The highest BCUT2D eigenvalue weighted by Gasteiger charge is 2.10. The Bertz CT molecular complexity index is 735. The first-order valence-electron chi connectivity index (χ1n) is 6.28. The van der Waals surface area contributed by atoms with Crippen molar-refractivity contribution in [2.24, 2.45) is 10.2 Å². The molecule has 2 rings (SSSR count). The molecule has 0 unspecified atom stereocenters. The maximum atomic E-state index is 11.0. The van der Waals surface area contributed by atoms with Crippen LogP contribution >= 0.6 is 0 Å². The normalized spacial score (nSPS) is 10.8. The second kappa shape index (κ2) is 6.04. The van der Waals surface area contributed by atoms with E-state index in [9.17, 15) is 9.90 Å². The molecular formula is C13H15N7O2. The predicted molar refractivity (Wildman–Crippen MR) is 82.2 cm³/mol. The molecule has 0 bridgehead atoms. The van der Waals surface area contributed by atoms with Gasteiger partial charge in [-0.2, -0.15) is 9.97 Å². The van der Waals surface area contributed by atoms with Crippen molar-refractivity contribution in [3.63, 3.8) is 0 Å². The fourth-order valence-electron chi connectivity index (χ4n) is 1.73. The van der Waals surface area contributed by atoms with E-state index >= 15 is 0 Å². The summed E-state index contributed by atoms with van der Waals surface area (Å²) in [4.78, 5) is 18.3. The number of carbonyl (C=O) groups excluding carboxylic acids is 1. The molecule has 1 aromatic heterocycles. The molecular weight excluding hydrogens is 286 g/mol. The molecule has 9 nitrogen and oxygen atoms in total. The molecule has 6 N–H and O–H groups in total. The van der Waals surface area contributed by atoms with Crippen molar-refractivity contribution in [1.82, 2.24) is 9.97 Å². The van der Waals surface area contributed by atoms with Crippen LogP contribution in [0.1, 0.15) is 12.5 Å². The van der Waals surface area contributed by atoms with Gasteiger partial charge in [0.25, 0.3) is 0 Å². The molecule has 0 saturated heterocycles. The lowest BCUT2D eigenvalue weighted by Gasteiger charge is -2.05. The molecule has 0 saturated carbocycles. The number of benzene rings is 1. The Balaban J connectivity index is 2.29. The molecule has 1 heterocycles. The van der Waals surface area contributed by atoms with Crippen molar-refractivity contribution < 1.29 is 9.90 Å². The Morgan fingerprint density at radius 2 is 2.00 bits per heavy atom. The fraction of sp³-hybridized carbons (Fsp3) is 0.154. The molecule has 114 valence electrons. The maximum absolute atomic E-state index is 11.0. The summed E-state index contributed by atoms with van der Waals surface area (Å²) in [6, 6.07) is 5.11. The Hall–Kier alpha value is -3.23. The van der Waals surface area contributed by atoms with Gasteiger partial charge < -0.3 is 21.9 Å². The zero-order valence-corrected chi connectivity index (χ0v) is 12.0. The summed E-state index contributed by atoms with van der Waals surface area (Å²) in [6.07, 6.45) is 0. The number of aromatic nitrogens is 2. The zero-order chi connectivity index (χ0) is 16.3. The largest absolute Gasteiger partial charge is 0.492 e. The van der Waals surface area contributed by atoms with E-state index in [2.05, 4.69) is 25.5 Å². The number of rotatable bonds is 3. The van der Waals surface area contributed by atoms with Gasteiger partial charge in [-0.15, -0.1) is 10.2 Å². The average molecular weight is 301 g/mol. The molecule has 2 aromatic rings. The molecule has 0 aliphatic carbocycles. The summed E-state index contributed by atoms with van der Waals surface area (Å²) >= 11 is 0. The van der Waals surface area contributed by atoms with Crippen molar-refractivity contribution in [2.75, 3.05) is 16.8 Å². The van der Waals surface area contributed by atoms with Crippen LogP contribution in [0.3, 0.4) is 0 Å². The van der Waals surface area contributed by atoms with Crippen LogP contribution < -0.4 is 16.8 Å². The quantitative estimate of drug-likeness (QED) is 0.636. The van der Waals surface area contributed by atoms with Crippen molar-refractivity contribution in [3.8, 4) is 5.88 Å². The van der Waals surface area contributed by atoms with Crippen LogP contribution in [0.4, 0.5) is 28.8 Å². The van der Waals surface area contributed by atoms with Gasteiger partial charge in [0.15, 0.2) is 11.5 Å². The molecule has 0 spiro atoms. The summed E-state index contributed by atoms with van der Waals surface area (Å²) in [6.45, 7) is 3.23. The summed E-state index contributed by atoms with van der Waals surface area (Å²) in [5.41, 5.74) is 12.9. The molecule has 22 heavy (non-hydrogen) atoms. The maximum Gasteiger partial charge on any atom is 0.246 e. The van der Waals surface area contributed by atoms with Gasteiger partial charge in [-0.3, -0.25) is 4.79 Å². The van der Waals surface area contributed by atoms with Gasteiger partial charge in [-0.25, -0.2) is 0 Å². The number of nitrogens with one attached hydrogen (secondary N) is 1. The first kappa shape index (κ1) is 15.2. The number of nitrogen functional groups attached to an aromatic ring is 2. The van der Waals surface area contributed by atoms with Gasteiger partial charge in [0.2, 0.25) is 17.7 Å². The van der Waals surface area contributed by atoms with Gasteiger partial charge >= 0.3 is 0 Å². The number of nitrogens with zero attached hydrogens (tertiary/aromatic N) is 4. The van der Waals surface area contributed by atoms with Gasteiger partial charge in [0, 0.05) is 12.6 Å². The summed E-state index contributed by atoms with van der Waals surface area (Å²) < 4.78 is 0. The third-order valence-corrected chi connectivity index (χ3v) is 2.68. The number of carbonyl (C=O) groups is 1. The molecule has 0 radical (unpaired) electrons. The van der Waals surface area contributed by atoms with Gasteiger partial charge in [-0.05, 0) is 30.7 Å². The monoisotopic (exact) mass is 301 g/mol. The van der Waals surface area contributed by atoms with Crippen LogP contribution in [-0.2, 0) is 4.79 Å². The van der Waals surface area contributed by atoms with E-state index in [0.29, 0.717) is 11.4 Å². The molecule has 0 fully saturated rings. The van der Waals surface area contributed by atoms with E-state index in [4.69, 9.17) is 11.5 Å². The van der Waals surface area contributed by atoms with Crippen LogP contribution in [0.25, 0.3) is 0 Å². The summed E-state index contributed by atoms with van der Waals surface area (Å²) in [5.74, 6) is -0.821. The highest BCUT2D eigenvalue weighted by Crippen LogP contribution is 2.32. The van der Waals surface area contributed by atoms with E-state index in [1.807, 2.05) is 6.92 Å². The predicted octanol–water partition coefficient (Wildman–Crippen LogP) is 2.03. The smallest absolute Gasteiger partial charge is 0.246 e. The number of amides is 1. The highest BCUT2D eigenvalue weighted by atomic mass is 16.3. The van der Waals surface area contributed by atoms with Crippen LogP contribution in [0.5, 0.6) is 5.88 Å². The van der Waals surface area contributed by atoms with Gasteiger partial charge in [0.1, 0.15) is 0 Å². The second-order valence-electron chi connectivity index (χ2n) is 4.52. The van der Waals surface area contributed by atoms with Crippen molar-refractivity contribution in [2.45, 2.75) is 13.8 Å². The van der Waals surface area contributed by atoms with Crippen molar-refractivity contribution >= 4 is 34.7 Å². The summed E-state index contributed by atoms with van der Waals surface area (Å²) in [7, 11) is 0. The molecule has 1 aromatic carbocycles. The van der Waals surface area contributed by atoms with E-state index in [0.717, 1.165) is 5.56 Å². The SMILES string of the molecule is CC(=O)Nc1ccc(/N=N/c2c(N)nc(N)nc2O)c(C)c1. The van der Waals surface area contributed by atoms with Crippen LogP contribution in [0, 0.1) is 6.92 Å². The van der Waals surface area contributed by atoms with Crippen LogP contribution in [-0.4, -0.2) is 21.0 Å². The van der Waals surface area contributed by atoms with Crippen molar-refractivity contribution in [3.05, 3.63) is 23.8 Å². The molecule has 9 heteroatoms. The fourth-order valence-corrected chi connectivity index (χ4v) is 1.73. The first-order chi connectivity index (χ1) is 10.4. The third-order valence-electron chi connectivity index (χ3n) is 2.68. The first-order valence-corrected chi connectivity index (χ1v) is 6.28. The van der Waals surface area contributed by atoms with E-state index in [1.165, 1.54) is 6.92 Å². The molecule has 0 aliphatic rings. The summed E-state index contributed by atoms with van der Waals surface area (Å²) in [5, 5.41) is 20.2. The minimum absolute atomic E-state index is 0.0560. The Labute approximate surface area is 126 Å². The Kier molecular flexibility index (Phi) is 4.16. The van der Waals surface area contributed by atoms with E-state index in [1.54, 1.807) is 18.2 Å². The van der Waals surface area contributed by atoms with Gasteiger partial charge in [-0.1, -0.05) is 0 Å².